The Bertz CT molecular complexity index is 4160. The van der Waals surface area contributed by atoms with E-state index in [4.69, 9.17) is 4.42 Å². The third-order valence-electron chi connectivity index (χ3n) is 16.2. The summed E-state index contributed by atoms with van der Waals surface area (Å²) < 4.78 is 9.74. The number of hydrogen-bond donors (Lipinski definition) is 0. The van der Waals surface area contributed by atoms with Crippen LogP contribution in [0.5, 0.6) is 0 Å². The second-order valence-corrected chi connectivity index (χ2v) is 19.0. The topological polar surface area (TPSA) is 24.6 Å². The van der Waals surface area contributed by atoms with Crippen molar-refractivity contribution < 1.29 is 4.42 Å². The zero-order chi connectivity index (χ0) is 43.3. The average Bonchev–Trinajstić information content (AvgIpc) is 3.95. The molecule has 0 radical (unpaired) electrons. The maximum absolute atomic E-state index is 7.05. The summed E-state index contributed by atoms with van der Waals surface area (Å²) >= 11 is 0. The zero-order valence-electron chi connectivity index (χ0n) is 36.1. The van der Waals surface area contributed by atoms with E-state index in [2.05, 4.69) is 227 Å². The van der Waals surface area contributed by atoms with Gasteiger partial charge in [-0.15, -0.1) is 0 Å². The Hall–Kier alpha value is -8.47. The minimum Gasteiger partial charge on any atom is -0.455 e. The van der Waals surface area contributed by atoms with Gasteiger partial charge in [-0.1, -0.05) is 176 Å². The van der Waals surface area contributed by atoms with Crippen molar-refractivity contribution in [3.63, 3.8) is 0 Å². The molecule has 0 fully saturated rings. The lowest BCUT2D eigenvalue weighted by molar-refractivity contribution is 0.673. The molecule has 0 N–H and O–H groups in total. The maximum atomic E-state index is 7.05. The number of rotatable bonds is 3. The third-order valence-corrected chi connectivity index (χ3v) is 16.2. The molecule has 0 atom stereocenters. The highest BCUT2D eigenvalue weighted by Crippen LogP contribution is 2.59. The summed E-state index contributed by atoms with van der Waals surface area (Å²) in [5, 5.41) is 4.78. The van der Waals surface area contributed by atoms with Crippen LogP contribution in [0.4, 0.5) is 34.1 Å². The number of anilines is 6. The van der Waals surface area contributed by atoms with Crippen molar-refractivity contribution in [2.45, 2.75) is 5.41 Å². The summed E-state index contributed by atoms with van der Waals surface area (Å²) in [6.45, 7) is -0.0524. The van der Waals surface area contributed by atoms with Crippen LogP contribution in [0.2, 0.25) is 0 Å². The van der Waals surface area contributed by atoms with Crippen LogP contribution in [-0.2, 0) is 5.41 Å². The molecule has 2 aromatic heterocycles. The Morgan fingerprint density at radius 3 is 1.79 bits per heavy atom. The van der Waals surface area contributed by atoms with E-state index in [-0.39, 0.29) is 13.4 Å². The molecular formula is C61H35B2N3O. The number of benzene rings is 10. The highest BCUT2D eigenvalue weighted by molar-refractivity contribution is 7.04. The van der Waals surface area contributed by atoms with E-state index in [9.17, 15) is 0 Å². The first kappa shape index (κ1) is 34.9. The monoisotopic (exact) mass is 847 g/mol. The number of furan rings is 1. The molecule has 17 rings (SSSR count). The van der Waals surface area contributed by atoms with Crippen LogP contribution < -0.4 is 42.6 Å². The van der Waals surface area contributed by atoms with Gasteiger partial charge in [0.05, 0.1) is 22.0 Å². The van der Waals surface area contributed by atoms with Gasteiger partial charge in [0.1, 0.15) is 11.2 Å². The summed E-state index contributed by atoms with van der Waals surface area (Å²) in [6.07, 6.45) is 0. The molecule has 0 saturated carbocycles. The summed E-state index contributed by atoms with van der Waals surface area (Å²) in [5.41, 5.74) is 25.6. The molecule has 0 amide bonds. The number of hydrogen-bond acceptors (Lipinski definition) is 3. The fourth-order valence-corrected chi connectivity index (χ4v) is 13.9. The SMILES string of the molecule is c1ccc(N2c3ccccc3B3c4c2cc2c5c4-n4c6c3cccc6c3c6oc7ccccc7c6cc(c34)B5c3cccc4c3N2c2ccccc2C4(c2ccccc2)c2ccccc2)cc1. The van der Waals surface area contributed by atoms with E-state index in [0.29, 0.717) is 0 Å². The van der Waals surface area contributed by atoms with Crippen LogP contribution in [0.15, 0.2) is 217 Å². The van der Waals surface area contributed by atoms with Gasteiger partial charge < -0.3 is 18.8 Å². The second kappa shape index (κ2) is 12.0. The first-order valence-electron chi connectivity index (χ1n) is 23.5. The molecule has 0 spiro atoms. The van der Waals surface area contributed by atoms with Crippen molar-refractivity contribution in [1.82, 2.24) is 4.57 Å². The molecule has 67 heavy (non-hydrogen) atoms. The zero-order valence-corrected chi connectivity index (χ0v) is 36.1. The van der Waals surface area contributed by atoms with Crippen LogP contribution in [-0.4, -0.2) is 18.0 Å². The third kappa shape index (κ3) is 3.93. The number of nitrogens with zero attached hydrogens (tertiary/aromatic N) is 3. The molecule has 10 aromatic carbocycles. The molecule has 4 nitrogen and oxygen atoms in total. The molecule has 0 unspecified atom stereocenters. The van der Waals surface area contributed by atoms with Crippen LogP contribution in [0.25, 0.3) is 49.4 Å². The predicted octanol–water partition coefficient (Wildman–Crippen LogP) is 10.6. The average molecular weight is 848 g/mol. The van der Waals surface area contributed by atoms with Crippen LogP contribution in [0, 0.1) is 0 Å². The van der Waals surface area contributed by atoms with Gasteiger partial charge in [-0.2, -0.15) is 0 Å². The van der Waals surface area contributed by atoms with Crippen molar-refractivity contribution in [3.05, 3.63) is 235 Å². The molecular weight excluding hydrogens is 812 g/mol. The summed E-state index contributed by atoms with van der Waals surface area (Å²) in [5.74, 6) is 0. The van der Waals surface area contributed by atoms with Gasteiger partial charge in [-0.05, 0) is 91.4 Å². The van der Waals surface area contributed by atoms with Crippen LogP contribution >= 0.6 is 0 Å². The van der Waals surface area contributed by atoms with Crippen LogP contribution in [0.3, 0.4) is 0 Å². The molecule has 0 aliphatic carbocycles. The fourth-order valence-electron chi connectivity index (χ4n) is 13.9. The van der Waals surface area contributed by atoms with E-state index < -0.39 is 5.41 Å². The molecule has 5 aliphatic heterocycles. The molecule has 0 saturated heterocycles. The molecule has 306 valence electrons. The highest BCUT2D eigenvalue weighted by atomic mass is 16.3. The minimum atomic E-state index is -0.598. The number of fused-ring (bicyclic) bond motifs is 13. The summed E-state index contributed by atoms with van der Waals surface area (Å²) in [6, 6.07) is 79.8. The molecule has 7 heterocycles. The standard InChI is InChI=1S/C61H35B2N3O/c1-4-18-36(19-5-1)61(37-20-6-2-7-21-37)42-26-11-13-31-48(42)65-51-35-50-54-59-55(51)63(46-30-17-27-43(61)57(46)65)47-34-41-39-24-10-15-33-52(39)67-60(41)53-40-25-16-29-45(56(40)66(59)58(47)53)62(54)44-28-12-14-32-49(44)64(50)38-22-8-3-9-23-38/h1-35H. The quantitative estimate of drug-likeness (QED) is 0.166. The first-order valence-corrected chi connectivity index (χ1v) is 23.5. The van der Waals surface area contributed by atoms with Gasteiger partial charge in [-0.3, -0.25) is 0 Å². The van der Waals surface area contributed by atoms with E-state index in [1.165, 1.54) is 116 Å². The Labute approximate surface area is 386 Å². The summed E-state index contributed by atoms with van der Waals surface area (Å²) in [7, 11) is 0. The van der Waals surface area contributed by atoms with Gasteiger partial charge in [0.2, 0.25) is 0 Å². The lowest BCUT2D eigenvalue weighted by atomic mass is 9.29. The fraction of sp³-hybridized carbons (Fsp3) is 0.0164. The van der Waals surface area contributed by atoms with Crippen molar-refractivity contribution in [2.75, 3.05) is 9.80 Å². The van der Waals surface area contributed by atoms with E-state index >= 15 is 0 Å². The van der Waals surface area contributed by atoms with Gasteiger partial charge in [0.15, 0.2) is 0 Å². The predicted molar refractivity (Wildman–Crippen MR) is 279 cm³/mol. The molecule has 5 aliphatic rings. The largest absolute Gasteiger partial charge is 0.455 e. The Morgan fingerprint density at radius 1 is 0.388 bits per heavy atom. The number of para-hydroxylation sites is 6. The number of aromatic nitrogens is 1. The van der Waals surface area contributed by atoms with Gasteiger partial charge in [0, 0.05) is 55.8 Å². The van der Waals surface area contributed by atoms with Crippen molar-refractivity contribution in [2.24, 2.45) is 0 Å². The molecule has 12 aromatic rings. The lowest BCUT2D eigenvalue weighted by Crippen LogP contribution is -2.67. The second-order valence-electron chi connectivity index (χ2n) is 19.0. The summed E-state index contributed by atoms with van der Waals surface area (Å²) in [4.78, 5) is 5.22. The van der Waals surface area contributed by atoms with Crippen molar-refractivity contribution >= 4 is 124 Å². The smallest absolute Gasteiger partial charge is 0.252 e. The maximum Gasteiger partial charge on any atom is 0.252 e. The van der Waals surface area contributed by atoms with Crippen molar-refractivity contribution in [3.8, 4) is 5.69 Å². The Balaban J connectivity index is 1.12. The van der Waals surface area contributed by atoms with E-state index in [0.717, 1.165) is 22.2 Å². The first-order chi connectivity index (χ1) is 33.3. The molecule has 0 bridgehead atoms. The van der Waals surface area contributed by atoms with Crippen LogP contribution in [0.1, 0.15) is 22.3 Å². The normalized spacial score (nSPS) is 14.9. The minimum absolute atomic E-state index is 0.0190. The highest BCUT2D eigenvalue weighted by Gasteiger charge is 2.54. The van der Waals surface area contributed by atoms with Gasteiger partial charge in [-0.25, -0.2) is 0 Å². The Kier molecular flexibility index (Phi) is 6.27. The van der Waals surface area contributed by atoms with E-state index in [1.54, 1.807) is 0 Å². The molecule has 6 heteroatoms. The Morgan fingerprint density at radius 2 is 0.985 bits per heavy atom. The van der Waals surface area contributed by atoms with Crippen molar-refractivity contribution in [1.29, 1.82) is 0 Å². The van der Waals surface area contributed by atoms with E-state index in [1.807, 2.05) is 0 Å². The lowest BCUT2D eigenvalue weighted by Gasteiger charge is -2.52. The van der Waals surface area contributed by atoms with Gasteiger partial charge in [0.25, 0.3) is 13.4 Å². The van der Waals surface area contributed by atoms with Gasteiger partial charge >= 0.3 is 0 Å².